The summed E-state index contributed by atoms with van der Waals surface area (Å²) in [6.07, 6.45) is 0.797. The average molecular weight is 397 g/mol. The van der Waals surface area contributed by atoms with E-state index in [1.807, 2.05) is 20.8 Å². The number of aryl methyl sites for hydroxylation is 1. The highest BCUT2D eigenvalue weighted by molar-refractivity contribution is 7.89. The van der Waals surface area contributed by atoms with E-state index in [-0.39, 0.29) is 35.9 Å². The Hall–Kier alpha value is -2.00. The zero-order valence-corrected chi connectivity index (χ0v) is 17.0. The van der Waals surface area contributed by atoms with Crippen LogP contribution in [0.3, 0.4) is 0 Å². The SMILES string of the molecule is Cc1cccc([N+](=O)[O-])c1S(=O)(=O)N1CCC(C(=O)NC(C)C(C)C)CC1. The minimum atomic E-state index is -3.99. The lowest BCUT2D eigenvalue weighted by Crippen LogP contribution is -2.45. The van der Waals surface area contributed by atoms with Crippen molar-refractivity contribution < 1.29 is 18.1 Å². The molecule has 1 amide bonds. The summed E-state index contributed by atoms with van der Waals surface area (Å²) in [4.78, 5) is 22.7. The van der Waals surface area contributed by atoms with Gasteiger partial charge in [-0.3, -0.25) is 14.9 Å². The van der Waals surface area contributed by atoms with Crippen molar-refractivity contribution in [2.75, 3.05) is 13.1 Å². The number of nitrogens with one attached hydrogen (secondary N) is 1. The molecule has 1 aromatic rings. The maximum Gasteiger partial charge on any atom is 0.289 e. The number of nitro benzene ring substituents is 1. The van der Waals surface area contributed by atoms with Gasteiger partial charge in [0.05, 0.1) is 4.92 Å². The molecule has 1 atom stereocenters. The molecule has 1 unspecified atom stereocenters. The standard InChI is InChI=1S/C18H27N3O5S/c1-12(2)14(4)19-18(22)15-8-10-20(11-9-15)27(25,26)17-13(3)6-5-7-16(17)21(23)24/h5-7,12,14-15H,8-11H2,1-4H3,(H,19,22). The van der Waals surface area contributed by atoms with E-state index in [0.717, 1.165) is 0 Å². The molecule has 1 aliphatic heterocycles. The second-order valence-corrected chi connectivity index (χ2v) is 9.27. The lowest BCUT2D eigenvalue weighted by Gasteiger charge is -2.31. The van der Waals surface area contributed by atoms with Gasteiger partial charge in [0.2, 0.25) is 15.9 Å². The largest absolute Gasteiger partial charge is 0.353 e. The van der Waals surface area contributed by atoms with Crippen molar-refractivity contribution in [2.45, 2.75) is 51.5 Å². The van der Waals surface area contributed by atoms with Gasteiger partial charge in [-0.25, -0.2) is 8.42 Å². The van der Waals surface area contributed by atoms with Crippen molar-refractivity contribution in [1.82, 2.24) is 9.62 Å². The van der Waals surface area contributed by atoms with Crippen LogP contribution in [-0.2, 0) is 14.8 Å². The Bertz CT molecular complexity index is 814. The lowest BCUT2D eigenvalue weighted by atomic mass is 9.96. The summed E-state index contributed by atoms with van der Waals surface area (Å²) in [6, 6.07) is 4.27. The molecule has 1 fully saturated rings. The van der Waals surface area contributed by atoms with Crippen molar-refractivity contribution in [3.05, 3.63) is 33.9 Å². The van der Waals surface area contributed by atoms with E-state index in [1.54, 1.807) is 13.0 Å². The summed E-state index contributed by atoms with van der Waals surface area (Å²) < 4.78 is 27.2. The van der Waals surface area contributed by atoms with E-state index in [0.29, 0.717) is 24.3 Å². The van der Waals surface area contributed by atoms with Crippen LogP contribution in [0.4, 0.5) is 5.69 Å². The zero-order valence-electron chi connectivity index (χ0n) is 16.1. The van der Waals surface area contributed by atoms with E-state index in [2.05, 4.69) is 5.32 Å². The van der Waals surface area contributed by atoms with Gasteiger partial charge in [0, 0.05) is 31.1 Å². The van der Waals surface area contributed by atoms with Gasteiger partial charge in [0.1, 0.15) is 0 Å². The van der Waals surface area contributed by atoms with Gasteiger partial charge in [-0.05, 0) is 38.2 Å². The van der Waals surface area contributed by atoms with Crippen LogP contribution in [0.2, 0.25) is 0 Å². The van der Waals surface area contributed by atoms with Crippen molar-refractivity contribution in [3.63, 3.8) is 0 Å². The molecular weight excluding hydrogens is 370 g/mol. The number of amides is 1. The number of benzene rings is 1. The fourth-order valence-corrected chi connectivity index (χ4v) is 4.94. The molecule has 0 bridgehead atoms. The van der Waals surface area contributed by atoms with Crippen LogP contribution >= 0.6 is 0 Å². The highest BCUT2D eigenvalue weighted by Crippen LogP contribution is 2.32. The summed E-state index contributed by atoms with van der Waals surface area (Å²) in [5.41, 5.74) is -0.0737. The highest BCUT2D eigenvalue weighted by Gasteiger charge is 2.37. The first-order valence-electron chi connectivity index (χ1n) is 9.10. The topological polar surface area (TPSA) is 110 Å². The minimum absolute atomic E-state index is 0.0499. The number of piperidine rings is 1. The number of carbonyl (C=O) groups excluding carboxylic acids is 1. The second kappa shape index (κ2) is 8.35. The van der Waals surface area contributed by atoms with Crippen LogP contribution in [0.1, 0.15) is 39.2 Å². The predicted octanol–water partition coefficient (Wildman–Crippen LogP) is 2.46. The van der Waals surface area contributed by atoms with Gasteiger partial charge in [-0.2, -0.15) is 4.31 Å². The third kappa shape index (κ3) is 4.65. The summed E-state index contributed by atoms with van der Waals surface area (Å²) in [6.45, 7) is 7.88. The number of sulfonamides is 1. The molecule has 1 heterocycles. The predicted molar refractivity (Wildman–Crippen MR) is 102 cm³/mol. The molecule has 0 spiro atoms. The molecule has 150 valence electrons. The molecule has 0 saturated carbocycles. The van der Waals surface area contributed by atoms with Gasteiger partial charge in [-0.15, -0.1) is 0 Å². The molecule has 9 heteroatoms. The van der Waals surface area contributed by atoms with Crippen LogP contribution in [0.15, 0.2) is 23.1 Å². The first kappa shape index (κ1) is 21.3. The number of nitrogens with zero attached hydrogens (tertiary/aromatic N) is 2. The quantitative estimate of drug-likeness (QED) is 0.586. The van der Waals surface area contributed by atoms with Crippen LogP contribution in [-0.4, -0.2) is 42.7 Å². The molecule has 0 aromatic heterocycles. The van der Waals surface area contributed by atoms with Gasteiger partial charge < -0.3 is 5.32 Å². The fraction of sp³-hybridized carbons (Fsp3) is 0.611. The molecule has 2 rings (SSSR count). The molecular formula is C18H27N3O5S. The van der Waals surface area contributed by atoms with Crippen LogP contribution < -0.4 is 5.32 Å². The van der Waals surface area contributed by atoms with E-state index >= 15 is 0 Å². The van der Waals surface area contributed by atoms with E-state index in [1.165, 1.54) is 16.4 Å². The highest BCUT2D eigenvalue weighted by atomic mass is 32.2. The summed E-state index contributed by atoms with van der Waals surface area (Å²) in [5.74, 6) is 0.00986. The third-order valence-electron chi connectivity index (χ3n) is 5.18. The first-order valence-corrected chi connectivity index (χ1v) is 10.5. The van der Waals surface area contributed by atoms with E-state index in [9.17, 15) is 23.3 Å². The number of rotatable bonds is 6. The number of carbonyl (C=O) groups is 1. The molecule has 0 aliphatic carbocycles. The van der Waals surface area contributed by atoms with Crippen LogP contribution in [0.25, 0.3) is 0 Å². The van der Waals surface area contributed by atoms with Gasteiger partial charge in [0.15, 0.2) is 4.90 Å². The number of hydrogen-bond acceptors (Lipinski definition) is 5. The Balaban J connectivity index is 2.14. The minimum Gasteiger partial charge on any atom is -0.353 e. The lowest BCUT2D eigenvalue weighted by molar-refractivity contribution is -0.387. The molecule has 8 nitrogen and oxygen atoms in total. The Morgan fingerprint density at radius 3 is 2.37 bits per heavy atom. The normalized spacial score (nSPS) is 17.7. The molecule has 0 radical (unpaired) electrons. The number of hydrogen-bond donors (Lipinski definition) is 1. The average Bonchev–Trinajstić information content (AvgIpc) is 2.61. The summed E-state index contributed by atoms with van der Waals surface area (Å²) in [5, 5.41) is 14.2. The zero-order chi connectivity index (χ0) is 20.4. The smallest absolute Gasteiger partial charge is 0.289 e. The maximum atomic E-state index is 13.0. The molecule has 1 aliphatic rings. The fourth-order valence-electron chi connectivity index (χ4n) is 3.11. The Morgan fingerprint density at radius 1 is 1.26 bits per heavy atom. The molecule has 1 saturated heterocycles. The van der Waals surface area contributed by atoms with Crippen molar-refractivity contribution in [1.29, 1.82) is 0 Å². The van der Waals surface area contributed by atoms with Crippen molar-refractivity contribution in [2.24, 2.45) is 11.8 Å². The van der Waals surface area contributed by atoms with E-state index < -0.39 is 20.6 Å². The van der Waals surface area contributed by atoms with Crippen molar-refractivity contribution >= 4 is 21.6 Å². The Kier molecular flexibility index (Phi) is 6.59. The summed E-state index contributed by atoms with van der Waals surface area (Å²) >= 11 is 0. The third-order valence-corrected chi connectivity index (χ3v) is 7.27. The van der Waals surface area contributed by atoms with E-state index in [4.69, 9.17) is 0 Å². The Labute approximate surface area is 160 Å². The maximum absolute atomic E-state index is 13.0. The van der Waals surface area contributed by atoms with Crippen LogP contribution in [0, 0.1) is 28.9 Å². The summed E-state index contributed by atoms with van der Waals surface area (Å²) in [7, 11) is -3.99. The molecule has 1 N–H and O–H groups in total. The first-order chi connectivity index (χ1) is 12.6. The monoisotopic (exact) mass is 397 g/mol. The Morgan fingerprint density at radius 2 is 1.85 bits per heavy atom. The number of nitro groups is 1. The molecule has 27 heavy (non-hydrogen) atoms. The van der Waals surface area contributed by atoms with Gasteiger partial charge in [0.25, 0.3) is 5.69 Å². The van der Waals surface area contributed by atoms with Gasteiger partial charge >= 0.3 is 0 Å². The van der Waals surface area contributed by atoms with Crippen LogP contribution in [0.5, 0.6) is 0 Å². The molecule has 1 aromatic carbocycles. The van der Waals surface area contributed by atoms with Crippen molar-refractivity contribution in [3.8, 4) is 0 Å². The second-order valence-electron chi connectivity index (χ2n) is 7.40. The van der Waals surface area contributed by atoms with Gasteiger partial charge in [-0.1, -0.05) is 26.0 Å².